The SMILES string of the molecule is CCOC(=O)C(C#N)NC(=O)C1CCC1. The van der Waals surface area contributed by atoms with Gasteiger partial charge in [0.2, 0.25) is 11.9 Å². The first-order valence-corrected chi connectivity index (χ1v) is 5.05. The fourth-order valence-electron chi connectivity index (χ4n) is 1.30. The van der Waals surface area contributed by atoms with Gasteiger partial charge < -0.3 is 10.1 Å². The molecule has 1 amide bonds. The van der Waals surface area contributed by atoms with Gasteiger partial charge in [-0.05, 0) is 19.8 Å². The second-order valence-corrected chi connectivity index (χ2v) is 3.45. The van der Waals surface area contributed by atoms with Gasteiger partial charge in [0.05, 0.1) is 12.7 Å². The molecule has 82 valence electrons. The van der Waals surface area contributed by atoms with E-state index in [4.69, 9.17) is 5.26 Å². The number of nitriles is 1. The highest BCUT2D eigenvalue weighted by Crippen LogP contribution is 2.26. The molecule has 1 aliphatic carbocycles. The number of rotatable bonds is 4. The van der Waals surface area contributed by atoms with Gasteiger partial charge in [0.25, 0.3) is 0 Å². The third-order valence-corrected chi connectivity index (χ3v) is 2.41. The summed E-state index contributed by atoms with van der Waals surface area (Å²) >= 11 is 0. The average molecular weight is 210 g/mol. The molecule has 1 rings (SSSR count). The maximum Gasteiger partial charge on any atom is 0.343 e. The summed E-state index contributed by atoms with van der Waals surface area (Å²) in [4.78, 5) is 22.6. The monoisotopic (exact) mass is 210 g/mol. The molecule has 15 heavy (non-hydrogen) atoms. The Labute approximate surface area is 88.4 Å². The summed E-state index contributed by atoms with van der Waals surface area (Å²) in [6.07, 6.45) is 2.72. The number of hydrogen-bond donors (Lipinski definition) is 1. The van der Waals surface area contributed by atoms with Gasteiger partial charge >= 0.3 is 5.97 Å². The summed E-state index contributed by atoms with van der Waals surface area (Å²) in [6, 6.07) is 0.546. The van der Waals surface area contributed by atoms with Crippen molar-refractivity contribution in [1.29, 1.82) is 5.26 Å². The molecule has 1 aliphatic rings. The van der Waals surface area contributed by atoms with E-state index in [1.807, 2.05) is 0 Å². The van der Waals surface area contributed by atoms with Crippen molar-refractivity contribution in [3.8, 4) is 6.07 Å². The second-order valence-electron chi connectivity index (χ2n) is 3.45. The maximum atomic E-state index is 11.4. The van der Waals surface area contributed by atoms with Crippen LogP contribution in [0.5, 0.6) is 0 Å². The van der Waals surface area contributed by atoms with Crippen LogP contribution in [0.3, 0.4) is 0 Å². The molecule has 0 aromatic heterocycles. The molecule has 0 saturated heterocycles. The summed E-state index contributed by atoms with van der Waals surface area (Å²) in [5.74, 6) is -0.941. The Morgan fingerprint density at radius 2 is 2.27 bits per heavy atom. The van der Waals surface area contributed by atoms with Crippen molar-refractivity contribution in [3.05, 3.63) is 0 Å². The first kappa shape index (κ1) is 11.5. The smallest absolute Gasteiger partial charge is 0.343 e. The van der Waals surface area contributed by atoms with E-state index in [1.165, 1.54) is 0 Å². The Balaban J connectivity index is 2.42. The van der Waals surface area contributed by atoms with Crippen LogP contribution in [-0.4, -0.2) is 24.5 Å². The standard InChI is InChI=1S/C10H14N2O3/c1-2-15-10(14)8(6-11)12-9(13)7-4-3-5-7/h7-8H,2-5H2,1H3,(H,12,13). The number of ether oxygens (including phenoxy) is 1. The Bertz CT molecular complexity index is 292. The van der Waals surface area contributed by atoms with Crippen LogP contribution in [0.25, 0.3) is 0 Å². The van der Waals surface area contributed by atoms with Crippen molar-refractivity contribution in [2.45, 2.75) is 32.2 Å². The highest BCUT2D eigenvalue weighted by atomic mass is 16.5. The topological polar surface area (TPSA) is 79.2 Å². The largest absolute Gasteiger partial charge is 0.464 e. The number of hydrogen-bond acceptors (Lipinski definition) is 4. The van der Waals surface area contributed by atoms with Gasteiger partial charge in [-0.3, -0.25) is 4.79 Å². The molecule has 0 radical (unpaired) electrons. The highest BCUT2D eigenvalue weighted by Gasteiger charge is 2.29. The van der Waals surface area contributed by atoms with Crippen LogP contribution in [-0.2, 0) is 14.3 Å². The van der Waals surface area contributed by atoms with E-state index < -0.39 is 12.0 Å². The summed E-state index contributed by atoms with van der Waals surface area (Å²) in [5.41, 5.74) is 0. The predicted octanol–water partition coefficient (Wildman–Crippen LogP) is 0.358. The molecule has 1 atom stereocenters. The first-order chi connectivity index (χ1) is 7.19. The van der Waals surface area contributed by atoms with Gasteiger partial charge in [-0.25, -0.2) is 4.79 Å². The van der Waals surface area contributed by atoms with Crippen LogP contribution in [0.4, 0.5) is 0 Å². The van der Waals surface area contributed by atoms with Gasteiger partial charge in [0, 0.05) is 5.92 Å². The molecule has 1 saturated carbocycles. The van der Waals surface area contributed by atoms with Crippen LogP contribution in [0.15, 0.2) is 0 Å². The molecule has 0 aromatic carbocycles. The quantitative estimate of drug-likeness (QED) is 0.679. The molecule has 1 fully saturated rings. The molecule has 5 nitrogen and oxygen atoms in total. The van der Waals surface area contributed by atoms with Crippen LogP contribution in [0.1, 0.15) is 26.2 Å². The number of nitrogens with one attached hydrogen (secondary N) is 1. The van der Waals surface area contributed by atoms with E-state index >= 15 is 0 Å². The minimum Gasteiger partial charge on any atom is -0.464 e. The van der Waals surface area contributed by atoms with Crippen molar-refractivity contribution in [1.82, 2.24) is 5.32 Å². The summed E-state index contributed by atoms with van der Waals surface area (Å²) in [5, 5.41) is 11.1. The van der Waals surface area contributed by atoms with Gasteiger partial charge in [-0.1, -0.05) is 6.42 Å². The molecule has 0 aromatic rings. The molecule has 1 unspecified atom stereocenters. The van der Waals surface area contributed by atoms with Crippen molar-refractivity contribution < 1.29 is 14.3 Å². The molecular weight excluding hydrogens is 196 g/mol. The zero-order chi connectivity index (χ0) is 11.3. The zero-order valence-corrected chi connectivity index (χ0v) is 8.66. The average Bonchev–Trinajstić information content (AvgIpc) is 2.11. The molecule has 0 spiro atoms. The molecule has 0 aliphatic heterocycles. The lowest BCUT2D eigenvalue weighted by Gasteiger charge is -2.24. The lowest BCUT2D eigenvalue weighted by atomic mass is 9.84. The van der Waals surface area contributed by atoms with Crippen LogP contribution in [0, 0.1) is 17.2 Å². The lowest BCUT2D eigenvalue weighted by Crippen LogP contribution is -2.45. The number of nitrogens with zero attached hydrogens (tertiary/aromatic N) is 1. The zero-order valence-electron chi connectivity index (χ0n) is 8.66. The van der Waals surface area contributed by atoms with E-state index in [-0.39, 0.29) is 18.4 Å². The Morgan fingerprint density at radius 1 is 1.60 bits per heavy atom. The Kier molecular flexibility index (Phi) is 4.10. The Morgan fingerprint density at radius 3 is 2.67 bits per heavy atom. The summed E-state index contributed by atoms with van der Waals surface area (Å²) < 4.78 is 4.65. The van der Waals surface area contributed by atoms with Crippen LogP contribution >= 0.6 is 0 Å². The van der Waals surface area contributed by atoms with Crippen molar-refractivity contribution in [3.63, 3.8) is 0 Å². The highest BCUT2D eigenvalue weighted by molar-refractivity contribution is 5.87. The van der Waals surface area contributed by atoms with E-state index in [0.29, 0.717) is 0 Å². The first-order valence-electron chi connectivity index (χ1n) is 5.05. The fourth-order valence-corrected chi connectivity index (χ4v) is 1.30. The van der Waals surface area contributed by atoms with Crippen molar-refractivity contribution >= 4 is 11.9 Å². The van der Waals surface area contributed by atoms with E-state index in [9.17, 15) is 9.59 Å². The Hall–Kier alpha value is -1.57. The predicted molar refractivity (Wildman–Crippen MR) is 51.5 cm³/mol. The van der Waals surface area contributed by atoms with Gasteiger partial charge in [-0.15, -0.1) is 0 Å². The molecule has 5 heteroatoms. The van der Waals surface area contributed by atoms with Crippen molar-refractivity contribution in [2.24, 2.45) is 5.92 Å². The summed E-state index contributed by atoms with van der Waals surface area (Å²) in [7, 11) is 0. The normalized spacial score (nSPS) is 17.1. The van der Waals surface area contributed by atoms with Crippen molar-refractivity contribution in [2.75, 3.05) is 6.61 Å². The number of esters is 1. The number of carbonyl (C=O) groups excluding carboxylic acids is 2. The molecule has 1 N–H and O–H groups in total. The lowest BCUT2D eigenvalue weighted by molar-refractivity contribution is -0.146. The van der Waals surface area contributed by atoms with Gasteiger partial charge in [0.1, 0.15) is 0 Å². The minimum absolute atomic E-state index is 0.0322. The maximum absolute atomic E-state index is 11.4. The number of amides is 1. The third-order valence-electron chi connectivity index (χ3n) is 2.41. The molecule has 0 heterocycles. The van der Waals surface area contributed by atoms with E-state index in [2.05, 4.69) is 10.1 Å². The van der Waals surface area contributed by atoms with E-state index in [1.54, 1.807) is 13.0 Å². The minimum atomic E-state index is -1.17. The van der Waals surface area contributed by atoms with Crippen LogP contribution < -0.4 is 5.32 Å². The molecule has 0 bridgehead atoms. The van der Waals surface area contributed by atoms with Gasteiger partial charge in [0.15, 0.2) is 0 Å². The molecular formula is C10H14N2O3. The number of carbonyl (C=O) groups is 2. The fraction of sp³-hybridized carbons (Fsp3) is 0.700. The second kappa shape index (κ2) is 5.35. The van der Waals surface area contributed by atoms with Gasteiger partial charge in [-0.2, -0.15) is 5.26 Å². The van der Waals surface area contributed by atoms with E-state index in [0.717, 1.165) is 19.3 Å². The third kappa shape index (κ3) is 2.94. The van der Waals surface area contributed by atoms with Crippen LogP contribution in [0.2, 0.25) is 0 Å². The summed E-state index contributed by atoms with van der Waals surface area (Å²) in [6.45, 7) is 1.86.